The van der Waals surface area contributed by atoms with Crippen LogP contribution < -0.4 is 0 Å². The van der Waals surface area contributed by atoms with Crippen molar-refractivity contribution in [1.82, 2.24) is 0 Å². The van der Waals surface area contributed by atoms with Gasteiger partial charge in [-0.2, -0.15) is 0 Å². The first kappa shape index (κ1) is 26.9. The van der Waals surface area contributed by atoms with Crippen LogP contribution >= 0.6 is 0 Å². The quantitative estimate of drug-likeness (QED) is 0.396. The van der Waals surface area contributed by atoms with Crippen LogP contribution in [-0.2, 0) is 41.6 Å². The fourth-order valence-corrected chi connectivity index (χ4v) is 4.62. The molecule has 2 fully saturated rings. The molecule has 38 heavy (non-hydrogen) atoms. The van der Waals surface area contributed by atoms with Gasteiger partial charge in [-0.05, 0) is 11.1 Å². The van der Waals surface area contributed by atoms with Gasteiger partial charge >= 0.3 is 0 Å². The van der Waals surface area contributed by atoms with E-state index in [9.17, 15) is 10.2 Å². The van der Waals surface area contributed by atoms with Gasteiger partial charge in [-0.15, -0.1) is 0 Å². The normalized spacial score (nSPS) is 27.9. The number of fused-ring (bicyclic) bond motifs is 1. The summed E-state index contributed by atoms with van der Waals surface area (Å²) in [6.07, 6.45) is -4.72. The minimum Gasteiger partial charge on any atom is -0.394 e. The molecule has 0 bridgehead atoms. The zero-order chi connectivity index (χ0) is 26.2. The Hall–Kier alpha value is -2.66. The summed E-state index contributed by atoms with van der Waals surface area (Å²) in [4.78, 5) is 0. The second kappa shape index (κ2) is 13.4. The Bertz CT molecular complexity index is 1080. The van der Waals surface area contributed by atoms with Crippen LogP contribution in [0.1, 0.15) is 23.0 Å². The molecule has 0 spiro atoms. The van der Waals surface area contributed by atoms with E-state index in [1.54, 1.807) is 0 Å². The van der Waals surface area contributed by atoms with Crippen LogP contribution in [0, 0.1) is 0 Å². The molecule has 7 atom stereocenters. The van der Waals surface area contributed by atoms with E-state index in [-0.39, 0.29) is 13.2 Å². The van der Waals surface area contributed by atoms with Gasteiger partial charge < -0.3 is 38.6 Å². The lowest BCUT2D eigenvalue weighted by Gasteiger charge is -2.49. The molecule has 202 valence electrons. The Balaban J connectivity index is 1.41. The first-order chi connectivity index (χ1) is 18.7. The van der Waals surface area contributed by atoms with Gasteiger partial charge in [-0.1, -0.05) is 91.0 Å². The Morgan fingerprint density at radius 2 is 1.32 bits per heavy atom. The van der Waals surface area contributed by atoms with Crippen molar-refractivity contribution in [2.75, 3.05) is 19.8 Å². The molecule has 8 heteroatoms. The molecule has 2 heterocycles. The summed E-state index contributed by atoms with van der Waals surface area (Å²) in [5.74, 6) is 0. The molecule has 8 nitrogen and oxygen atoms in total. The second-order valence-electron chi connectivity index (χ2n) is 9.41. The maximum Gasteiger partial charge on any atom is 0.187 e. The lowest BCUT2D eigenvalue weighted by atomic mass is 9.97. The number of hydrogen-bond donors (Lipinski definition) is 2. The molecule has 3 aromatic rings. The van der Waals surface area contributed by atoms with E-state index in [1.165, 1.54) is 0 Å². The first-order valence-electron chi connectivity index (χ1n) is 12.9. The minimum absolute atomic E-state index is 0.122. The molecule has 0 aliphatic carbocycles. The van der Waals surface area contributed by atoms with Crippen molar-refractivity contribution in [3.63, 3.8) is 0 Å². The molecule has 5 rings (SSSR count). The van der Waals surface area contributed by atoms with Gasteiger partial charge in [-0.25, -0.2) is 0 Å². The van der Waals surface area contributed by atoms with Gasteiger partial charge in [0, 0.05) is 5.56 Å². The van der Waals surface area contributed by atoms with Gasteiger partial charge in [0.05, 0.1) is 33.0 Å². The van der Waals surface area contributed by atoms with Crippen molar-refractivity contribution in [2.24, 2.45) is 0 Å². The van der Waals surface area contributed by atoms with Gasteiger partial charge in [0.2, 0.25) is 0 Å². The summed E-state index contributed by atoms with van der Waals surface area (Å²) >= 11 is 0. The molecule has 2 aliphatic heterocycles. The lowest BCUT2D eigenvalue weighted by molar-refractivity contribution is -0.373. The van der Waals surface area contributed by atoms with Crippen molar-refractivity contribution in [1.29, 1.82) is 0 Å². The van der Waals surface area contributed by atoms with Crippen LogP contribution in [0.2, 0.25) is 0 Å². The topological polar surface area (TPSA) is 95.8 Å². The van der Waals surface area contributed by atoms with Gasteiger partial charge in [0.25, 0.3) is 0 Å². The second-order valence-corrected chi connectivity index (χ2v) is 9.41. The van der Waals surface area contributed by atoms with E-state index in [4.69, 9.17) is 28.4 Å². The van der Waals surface area contributed by atoms with E-state index >= 15 is 0 Å². The molecule has 0 amide bonds. The van der Waals surface area contributed by atoms with Crippen LogP contribution in [0.3, 0.4) is 0 Å². The Kier molecular flexibility index (Phi) is 9.51. The Morgan fingerprint density at radius 3 is 1.92 bits per heavy atom. The highest BCUT2D eigenvalue weighted by Crippen LogP contribution is 2.37. The van der Waals surface area contributed by atoms with E-state index in [2.05, 4.69) is 0 Å². The van der Waals surface area contributed by atoms with Crippen molar-refractivity contribution in [3.8, 4) is 0 Å². The SMILES string of the molecule is OC[C@@H](O)CO[C@@H]1O[C@@H]2CO[C@H](c3ccccc3)O[C@@H]2[C@H](OCc2ccccc2)[C@H]1OCc1ccccc1. The average molecular weight is 523 g/mol. The molecule has 0 unspecified atom stereocenters. The number of hydrogen-bond acceptors (Lipinski definition) is 8. The van der Waals surface area contributed by atoms with Crippen molar-refractivity contribution >= 4 is 0 Å². The molecular formula is C30H34O8. The molecule has 0 aromatic heterocycles. The predicted molar refractivity (Wildman–Crippen MR) is 138 cm³/mol. The predicted octanol–water partition coefficient (Wildman–Crippen LogP) is 3.37. The summed E-state index contributed by atoms with van der Waals surface area (Å²) in [7, 11) is 0. The molecule has 2 N–H and O–H groups in total. The summed E-state index contributed by atoms with van der Waals surface area (Å²) < 4.78 is 37.6. The standard InChI is InChI=1S/C30H34O8/c31-16-24(32)19-35-30-28(34-18-22-12-6-2-7-13-22)27(33-17-21-10-4-1-5-11-21)26-25(37-30)20-36-29(38-26)23-14-8-3-9-15-23/h1-15,24-32H,16-20H2/t24-,25-,26+,27+,28-,29+,30-/m1/s1. The van der Waals surface area contributed by atoms with E-state index in [1.807, 2.05) is 91.0 Å². The van der Waals surface area contributed by atoms with Crippen LogP contribution in [0.25, 0.3) is 0 Å². The maximum absolute atomic E-state index is 9.94. The number of aliphatic hydroxyl groups is 2. The summed E-state index contributed by atoms with van der Waals surface area (Å²) in [6, 6.07) is 29.4. The number of aliphatic hydroxyl groups excluding tert-OH is 2. The minimum atomic E-state index is -1.05. The number of benzene rings is 3. The Morgan fingerprint density at radius 1 is 0.737 bits per heavy atom. The molecular weight excluding hydrogens is 488 g/mol. The third-order valence-corrected chi connectivity index (χ3v) is 6.59. The van der Waals surface area contributed by atoms with Crippen LogP contribution in [-0.4, -0.2) is 66.8 Å². The first-order valence-corrected chi connectivity index (χ1v) is 12.9. The molecule has 2 aliphatic rings. The van der Waals surface area contributed by atoms with E-state index < -0.39 is 49.7 Å². The third kappa shape index (κ3) is 6.85. The fourth-order valence-electron chi connectivity index (χ4n) is 4.62. The van der Waals surface area contributed by atoms with Gasteiger partial charge in [-0.3, -0.25) is 0 Å². The lowest BCUT2D eigenvalue weighted by Crippen LogP contribution is -2.63. The highest BCUT2D eigenvalue weighted by Gasteiger charge is 2.52. The molecule has 0 saturated carbocycles. The largest absolute Gasteiger partial charge is 0.394 e. The smallest absolute Gasteiger partial charge is 0.187 e. The van der Waals surface area contributed by atoms with E-state index in [0.29, 0.717) is 13.2 Å². The summed E-state index contributed by atoms with van der Waals surface area (Å²) in [5, 5.41) is 19.2. The number of rotatable bonds is 11. The van der Waals surface area contributed by atoms with Crippen molar-refractivity contribution < 1.29 is 38.6 Å². The van der Waals surface area contributed by atoms with Crippen molar-refractivity contribution in [3.05, 3.63) is 108 Å². The zero-order valence-corrected chi connectivity index (χ0v) is 21.1. The molecule has 0 radical (unpaired) electrons. The van der Waals surface area contributed by atoms with Crippen LogP contribution in [0.5, 0.6) is 0 Å². The zero-order valence-electron chi connectivity index (χ0n) is 21.1. The highest BCUT2D eigenvalue weighted by atomic mass is 16.8. The fraction of sp³-hybridized carbons (Fsp3) is 0.400. The maximum atomic E-state index is 9.94. The highest BCUT2D eigenvalue weighted by molar-refractivity contribution is 5.17. The van der Waals surface area contributed by atoms with Gasteiger partial charge in [0.1, 0.15) is 30.5 Å². The monoisotopic (exact) mass is 522 g/mol. The summed E-state index contributed by atoms with van der Waals surface area (Å²) in [5.41, 5.74) is 2.90. The van der Waals surface area contributed by atoms with Crippen molar-refractivity contribution in [2.45, 2.75) is 56.3 Å². The van der Waals surface area contributed by atoms with E-state index in [0.717, 1.165) is 16.7 Å². The van der Waals surface area contributed by atoms with Crippen LogP contribution in [0.15, 0.2) is 91.0 Å². The summed E-state index contributed by atoms with van der Waals surface area (Å²) in [6.45, 7) is 0.366. The van der Waals surface area contributed by atoms with Crippen LogP contribution in [0.4, 0.5) is 0 Å². The Labute approximate surface area is 222 Å². The molecule has 2 saturated heterocycles. The molecule has 3 aromatic carbocycles. The third-order valence-electron chi connectivity index (χ3n) is 6.59. The van der Waals surface area contributed by atoms with Gasteiger partial charge in [0.15, 0.2) is 12.6 Å². The average Bonchev–Trinajstić information content (AvgIpc) is 2.99. The number of ether oxygens (including phenoxy) is 6.